The molecule has 8 heterocycles. The van der Waals surface area contributed by atoms with Gasteiger partial charge in [-0.25, -0.2) is 20.2 Å². The molecule has 0 radical (unpaired) electrons. The van der Waals surface area contributed by atoms with E-state index < -0.39 is 0 Å². The number of nitriles is 1. The molecule has 0 aliphatic carbocycles. The van der Waals surface area contributed by atoms with Crippen LogP contribution in [0.4, 0.5) is 46.3 Å². The molecule has 75 heavy (non-hydrogen) atoms. The summed E-state index contributed by atoms with van der Waals surface area (Å²) in [5.74, 6) is 2.63. The lowest BCUT2D eigenvalue weighted by molar-refractivity contribution is 0.128. The lowest BCUT2D eigenvalue weighted by atomic mass is 9.94. The second kappa shape index (κ2) is 25.5. The zero-order chi connectivity index (χ0) is 52.9. The Balaban J connectivity index is 0.000000193. The van der Waals surface area contributed by atoms with Gasteiger partial charge in [-0.2, -0.15) is 25.4 Å². The summed E-state index contributed by atoms with van der Waals surface area (Å²) in [4.78, 5) is 60.7. The Bertz CT molecular complexity index is 2920. The summed E-state index contributed by atoms with van der Waals surface area (Å²) in [6, 6.07) is 19.0. The third-order valence-corrected chi connectivity index (χ3v) is 14.6. The van der Waals surface area contributed by atoms with Gasteiger partial charge in [0.1, 0.15) is 33.4 Å². The van der Waals surface area contributed by atoms with Gasteiger partial charge in [0, 0.05) is 126 Å². The Labute approximate surface area is 441 Å². The number of aromatic nitrogens is 8. The van der Waals surface area contributed by atoms with Crippen molar-refractivity contribution in [1.82, 2.24) is 55.0 Å². The summed E-state index contributed by atoms with van der Waals surface area (Å²) < 4.78 is 0. The first-order valence-electron chi connectivity index (χ1n) is 27.1. The maximum Gasteiger partial charge on any atom is 0.277 e. The number of anilines is 8. The Morgan fingerprint density at radius 3 is 1.51 bits per heavy atom. The number of aromatic amines is 2. The molecular weight excluding hydrogens is 945 g/mol. The first-order chi connectivity index (χ1) is 36.4. The Hall–Kier alpha value is -6.95. The molecule has 4 aliphatic rings. The van der Waals surface area contributed by atoms with Crippen molar-refractivity contribution < 1.29 is 0 Å². The summed E-state index contributed by atoms with van der Waals surface area (Å²) in [6.07, 6.45) is 10.3. The van der Waals surface area contributed by atoms with E-state index in [1.807, 2.05) is 26.0 Å². The zero-order valence-corrected chi connectivity index (χ0v) is 45.3. The minimum atomic E-state index is -0.326. The normalized spacial score (nSPS) is 17.2. The van der Waals surface area contributed by atoms with Gasteiger partial charge in [0.15, 0.2) is 0 Å². The molecule has 0 amide bonds. The lowest BCUT2D eigenvalue weighted by Gasteiger charge is -2.43. The summed E-state index contributed by atoms with van der Waals surface area (Å²) >= 11 is 0. The quantitative estimate of drug-likeness (QED) is 0.0966. The average Bonchev–Trinajstić information content (AvgIpc) is 3.72. The highest BCUT2D eigenvalue weighted by Gasteiger charge is 2.27. The van der Waals surface area contributed by atoms with Crippen LogP contribution in [0.15, 0.2) is 70.5 Å². The van der Waals surface area contributed by atoms with Crippen molar-refractivity contribution in [1.29, 1.82) is 5.26 Å². The van der Waals surface area contributed by atoms with Crippen molar-refractivity contribution in [2.45, 2.75) is 85.1 Å². The van der Waals surface area contributed by atoms with Crippen LogP contribution >= 0.6 is 0 Å². The molecule has 10 rings (SSSR count). The van der Waals surface area contributed by atoms with E-state index in [2.05, 4.69) is 153 Å². The molecular formula is C55H78N18O2. The Morgan fingerprint density at radius 2 is 1.07 bits per heavy atom. The van der Waals surface area contributed by atoms with E-state index in [1.54, 1.807) is 12.4 Å². The van der Waals surface area contributed by atoms with Crippen LogP contribution in [0, 0.1) is 17.2 Å². The Morgan fingerprint density at radius 1 is 0.613 bits per heavy atom. The van der Waals surface area contributed by atoms with Crippen molar-refractivity contribution in [3.05, 3.63) is 81.6 Å². The minimum absolute atomic E-state index is 0.193. The number of nitrogens with one attached hydrogen (secondary N) is 4. The third-order valence-electron chi connectivity index (χ3n) is 14.6. The van der Waals surface area contributed by atoms with E-state index in [1.165, 1.54) is 24.2 Å². The molecule has 20 nitrogen and oxygen atoms in total. The summed E-state index contributed by atoms with van der Waals surface area (Å²) in [6.45, 7) is 24.7. The second-order valence-electron chi connectivity index (χ2n) is 21.0. The fourth-order valence-electron chi connectivity index (χ4n) is 10.2. The van der Waals surface area contributed by atoms with Gasteiger partial charge in [0.25, 0.3) is 11.1 Å². The van der Waals surface area contributed by atoms with Crippen LogP contribution in [0.2, 0.25) is 0 Å². The number of likely N-dealkylation sites (N-methyl/N-ethyl adjacent to an activating group) is 1. The van der Waals surface area contributed by atoms with Gasteiger partial charge in [0.05, 0.1) is 18.5 Å². The van der Waals surface area contributed by atoms with E-state index in [4.69, 9.17) is 15.2 Å². The SMILES string of the molecule is CC.CC(C)(C)N1CCN(c2ccc(Nc3nc(N4CCC(CC#N)CC4)nc4cn[nH]c(=O)c34)cc2)CC1.CN(C)CCN1CCN(c2ccc(Nc3nc(N4CCCCCC4)nc4cn[nH]c(=O)c34)cc2)CC1. The number of hydrogen-bond donors (Lipinski definition) is 4. The van der Waals surface area contributed by atoms with Gasteiger partial charge in [-0.1, -0.05) is 26.7 Å². The van der Waals surface area contributed by atoms with Crippen LogP contribution in [0.1, 0.15) is 79.6 Å². The molecule has 0 bridgehead atoms. The number of rotatable bonds is 12. The molecule has 4 N–H and O–H groups in total. The first-order valence-corrected chi connectivity index (χ1v) is 27.1. The summed E-state index contributed by atoms with van der Waals surface area (Å²) in [5.41, 5.74) is 4.78. The number of H-pyrrole nitrogens is 2. The maximum atomic E-state index is 12.7. The highest BCUT2D eigenvalue weighted by Crippen LogP contribution is 2.30. The largest absolute Gasteiger partial charge is 0.369 e. The molecule has 4 aromatic heterocycles. The van der Waals surface area contributed by atoms with Crippen molar-refractivity contribution in [3.63, 3.8) is 0 Å². The minimum Gasteiger partial charge on any atom is -0.369 e. The number of nitrogens with zero attached hydrogens (tertiary/aromatic N) is 14. The topological polar surface area (TPSA) is 214 Å². The molecule has 0 atom stereocenters. The van der Waals surface area contributed by atoms with Crippen LogP contribution in [0.3, 0.4) is 0 Å². The fourth-order valence-corrected chi connectivity index (χ4v) is 10.2. The van der Waals surface area contributed by atoms with Gasteiger partial charge in [0.2, 0.25) is 11.9 Å². The summed E-state index contributed by atoms with van der Waals surface area (Å²) in [7, 11) is 4.25. The van der Waals surface area contributed by atoms with Crippen LogP contribution in [0.25, 0.3) is 21.8 Å². The molecule has 2 aromatic carbocycles. The van der Waals surface area contributed by atoms with Crippen LogP contribution in [-0.2, 0) is 0 Å². The van der Waals surface area contributed by atoms with E-state index in [0.29, 0.717) is 57.7 Å². The predicted octanol–water partition coefficient (Wildman–Crippen LogP) is 7.05. The van der Waals surface area contributed by atoms with Crippen LogP contribution < -0.4 is 41.4 Å². The number of fused-ring (bicyclic) bond motifs is 2. The molecule has 0 saturated carbocycles. The summed E-state index contributed by atoms with van der Waals surface area (Å²) in [5, 5.41) is 29.5. The maximum absolute atomic E-state index is 12.7. The van der Waals surface area contributed by atoms with Gasteiger partial charge < -0.3 is 35.1 Å². The van der Waals surface area contributed by atoms with Crippen molar-refractivity contribution >= 4 is 68.1 Å². The average molecular weight is 1020 g/mol. The number of piperidine rings is 1. The van der Waals surface area contributed by atoms with Gasteiger partial charge >= 0.3 is 0 Å². The molecule has 6 aromatic rings. The molecule has 4 fully saturated rings. The van der Waals surface area contributed by atoms with E-state index in [9.17, 15) is 9.59 Å². The molecule has 20 heteroatoms. The van der Waals surface area contributed by atoms with Crippen LogP contribution in [-0.4, -0.2) is 166 Å². The van der Waals surface area contributed by atoms with Gasteiger partial charge in [-0.05, 0) is 115 Å². The fraction of sp³-hybridized carbons (Fsp3) is 0.545. The van der Waals surface area contributed by atoms with Crippen LogP contribution in [0.5, 0.6) is 0 Å². The highest BCUT2D eigenvalue weighted by molar-refractivity contribution is 5.91. The molecule has 4 saturated heterocycles. The number of hydrogen-bond acceptors (Lipinski definition) is 18. The standard InChI is InChI=1S/C27H35N9O.C26H37N9O.C2H6/c1-27(2,3)36-16-14-34(15-17-36)21-6-4-20(5-7-21)30-24-23-22(18-29-33-25(23)37)31-26(32-24)35-12-9-19(8-11-28)10-13-35;1-32(2)13-14-33-15-17-34(18-16-33)21-9-7-20(8-10-21)28-24-23-22(19-27-31-25(23)36)29-26(30-24)35-11-5-3-4-6-12-35;1-2/h4-7,18-19H,8-10,12-17H2,1-3H3,(H,33,37)(H,30,31,32);7-10,19H,3-6,11-18H2,1-2H3,(H,31,36)(H,28,29,30);1-2H3. The highest BCUT2D eigenvalue weighted by atomic mass is 16.1. The Kier molecular flexibility index (Phi) is 18.5. The van der Waals surface area contributed by atoms with Crippen molar-refractivity contribution in [3.8, 4) is 6.07 Å². The molecule has 400 valence electrons. The second-order valence-corrected chi connectivity index (χ2v) is 21.0. The first kappa shape index (κ1) is 54.3. The molecule has 4 aliphatic heterocycles. The third kappa shape index (κ3) is 14.1. The number of benzene rings is 2. The lowest BCUT2D eigenvalue weighted by Crippen LogP contribution is -2.53. The zero-order valence-electron chi connectivity index (χ0n) is 45.3. The van der Waals surface area contributed by atoms with Crippen molar-refractivity contribution in [2.24, 2.45) is 5.92 Å². The monoisotopic (exact) mass is 1020 g/mol. The number of piperazine rings is 2. The van der Waals surface area contributed by atoms with E-state index in [-0.39, 0.29) is 16.7 Å². The molecule has 0 spiro atoms. The van der Waals surface area contributed by atoms with E-state index >= 15 is 0 Å². The van der Waals surface area contributed by atoms with Gasteiger partial charge in [-0.15, -0.1) is 0 Å². The smallest absolute Gasteiger partial charge is 0.277 e. The van der Waals surface area contributed by atoms with E-state index in [0.717, 1.165) is 129 Å². The predicted molar refractivity (Wildman–Crippen MR) is 303 cm³/mol. The van der Waals surface area contributed by atoms with Gasteiger partial charge in [-0.3, -0.25) is 19.4 Å². The molecule has 0 unspecified atom stereocenters. The van der Waals surface area contributed by atoms with Crippen molar-refractivity contribution in [2.75, 3.05) is 136 Å².